The van der Waals surface area contributed by atoms with Crippen molar-refractivity contribution >= 4 is 11.8 Å². The standard InChI is InChI=1S/C15H27N3O3/c1-3-6-16-14(20)9-17(2)15(21)10-18-7-11-4-5-13(19)12(11)8-18/h11-13,19H,3-10H2,1-2H3,(H,16,20). The van der Waals surface area contributed by atoms with Gasteiger partial charge in [-0.1, -0.05) is 6.92 Å². The zero-order chi connectivity index (χ0) is 15.4. The number of aliphatic hydroxyl groups is 1. The quantitative estimate of drug-likeness (QED) is 0.704. The number of nitrogens with one attached hydrogen (secondary N) is 1. The Labute approximate surface area is 126 Å². The lowest BCUT2D eigenvalue weighted by Gasteiger charge is -2.22. The van der Waals surface area contributed by atoms with Crippen LogP contribution >= 0.6 is 0 Å². The Morgan fingerprint density at radius 3 is 2.76 bits per heavy atom. The molecular weight excluding hydrogens is 270 g/mol. The monoisotopic (exact) mass is 297 g/mol. The van der Waals surface area contributed by atoms with Crippen LogP contribution < -0.4 is 5.32 Å². The first-order chi connectivity index (χ1) is 10.0. The number of hydrogen-bond acceptors (Lipinski definition) is 4. The lowest BCUT2D eigenvalue weighted by Crippen LogP contribution is -2.43. The van der Waals surface area contributed by atoms with Gasteiger partial charge >= 0.3 is 0 Å². The van der Waals surface area contributed by atoms with E-state index < -0.39 is 0 Å². The highest BCUT2D eigenvalue weighted by molar-refractivity contribution is 5.85. The molecule has 0 radical (unpaired) electrons. The summed E-state index contributed by atoms with van der Waals surface area (Å²) in [7, 11) is 1.67. The molecule has 0 spiro atoms. The summed E-state index contributed by atoms with van der Waals surface area (Å²) in [6, 6.07) is 0. The second kappa shape index (κ2) is 7.22. The summed E-state index contributed by atoms with van der Waals surface area (Å²) in [6.07, 6.45) is 2.65. The van der Waals surface area contributed by atoms with E-state index in [9.17, 15) is 14.7 Å². The lowest BCUT2D eigenvalue weighted by atomic mass is 10.00. The molecule has 1 saturated heterocycles. The zero-order valence-electron chi connectivity index (χ0n) is 13.0. The van der Waals surface area contributed by atoms with Crippen molar-refractivity contribution in [3.8, 4) is 0 Å². The molecule has 2 N–H and O–H groups in total. The van der Waals surface area contributed by atoms with Gasteiger partial charge in [-0.15, -0.1) is 0 Å². The van der Waals surface area contributed by atoms with Crippen LogP contribution in [0, 0.1) is 11.8 Å². The lowest BCUT2D eigenvalue weighted by molar-refractivity contribution is -0.135. The molecule has 0 aromatic carbocycles. The van der Waals surface area contributed by atoms with Gasteiger partial charge in [-0.2, -0.15) is 0 Å². The molecule has 0 aromatic rings. The highest BCUT2D eigenvalue weighted by Crippen LogP contribution is 2.37. The summed E-state index contributed by atoms with van der Waals surface area (Å²) in [5.74, 6) is 0.722. The van der Waals surface area contributed by atoms with Crippen molar-refractivity contribution in [3.63, 3.8) is 0 Å². The molecule has 21 heavy (non-hydrogen) atoms. The average molecular weight is 297 g/mol. The Hall–Kier alpha value is -1.14. The summed E-state index contributed by atoms with van der Waals surface area (Å²) >= 11 is 0. The van der Waals surface area contributed by atoms with Crippen LogP contribution in [0.25, 0.3) is 0 Å². The summed E-state index contributed by atoms with van der Waals surface area (Å²) < 4.78 is 0. The van der Waals surface area contributed by atoms with Crippen molar-refractivity contribution < 1.29 is 14.7 Å². The average Bonchev–Trinajstić information content (AvgIpc) is 2.98. The first kappa shape index (κ1) is 16.2. The summed E-state index contributed by atoms with van der Waals surface area (Å²) in [4.78, 5) is 27.3. The maximum Gasteiger partial charge on any atom is 0.239 e. The van der Waals surface area contributed by atoms with Crippen molar-refractivity contribution in [2.45, 2.75) is 32.3 Å². The van der Waals surface area contributed by atoms with Crippen LogP contribution in [0.3, 0.4) is 0 Å². The predicted molar refractivity (Wildman–Crippen MR) is 79.6 cm³/mol. The first-order valence-electron chi connectivity index (χ1n) is 7.92. The van der Waals surface area contributed by atoms with Crippen LogP contribution in [0.5, 0.6) is 0 Å². The number of fused-ring (bicyclic) bond motifs is 1. The van der Waals surface area contributed by atoms with E-state index in [4.69, 9.17) is 0 Å². The van der Waals surface area contributed by atoms with E-state index in [1.807, 2.05) is 6.92 Å². The maximum atomic E-state index is 12.2. The minimum Gasteiger partial charge on any atom is -0.393 e. The molecule has 2 fully saturated rings. The van der Waals surface area contributed by atoms with Gasteiger partial charge in [0.2, 0.25) is 11.8 Å². The van der Waals surface area contributed by atoms with Gasteiger partial charge in [-0.25, -0.2) is 0 Å². The molecule has 6 nitrogen and oxygen atoms in total. The van der Waals surface area contributed by atoms with Crippen LogP contribution in [-0.4, -0.2) is 72.6 Å². The normalized spacial score (nSPS) is 28.4. The molecule has 1 saturated carbocycles. The summed E-state index contributed by atoms with van der Waals surface area (Å²) in [5.41, 5.74) is 0. The molecule has 1 aliphatic heterocycles. The van der Waals surface area contributed by atoms with E-state index in [1.54, 1.807) is 7.05 Å². The molecule has 1 aliphatic carbocycles. The number of hydrogen-bond donors (Lipinski definition) is 2. The van der Waals surface area contributed by atoms with E-state index in [2.05, 4.69) is 10.2 Å². The molecule has 2 aliphatic rings. The topological polar surface area (TPSA) is 72.9 Å². The molecule has 120 valence electrons. The Balaban J connectivity index is 1.73. The maximum absolute atomic E-state index is 12.2. The van der Waals surface area contributed by atoms with Crippen molar-refractivity contribution in [2.75, 3.05) is 39.8 Å². The molecule has 3 atom stereocenters. The number of likely N-dealkylation sites (tertiary alicyclic amines) is 1. The summed E-state index contributed by atoms with van der Waals surface area (Å²) in [5, 5.41) is 12.7. The Morgan fingerprint density at radius 2 is 2.10 bits per heavy atom. The van der Waals surface area contributed by atoms with E-state index >= 15 is 0 Å². The molecule has 1 heterocycles. The summed E-state index contributed by atoms with van der Waals surface area (Å²) in [6.45, 7) is 4.79. The Kier molecular flexibility index (Phi) is 5.58. The van der Waals surface area contributed by atoms with Crippen LogP contribution in [0.15, 0.2) is 0 Å². The Morgan fingerprint density at radius 1 is 1.33 bits per heavy atom. The van der Waals surface area contributed by atoms with Gasteiger partial charge in [0.05, 0.1) is 19.2 Å². The van der Waals surface area contributed by atoms with Crippen LogP contribution in [0.4, 0.5) is 0 Å². The fraction of sp³-hybridized carbons (Fsp3) is 0.867. The predicted octanol–water partition coefficient (Wildman–Crippen LogP) is -0.326. The third-order valence-electron chi connectivity index (χ3n) is 4.63. The van der Waals surface area contributed by atoms with E-state index in [0.29, 0.717) is 24.9 Å². The second-order valence-corrected chi connectivity index (χ2v) is 6.36. The minimum atomic E-state index is -0.201. The number of carbonyl (C=O) groups excluding carboxylic acids is 2. The smallest absolute Gasteiger partial charge is 0.239 e. The zero-order valence-corrected chi connectivity index (χ0v) is 13.0. The van der Waals surface area contributed by atoms with Gasteiger partial charge in [0, 0.05) is 32.6 Å². The van der Waals surface area contributed by atoms with Gasteiger partial charge in [0.25, 0.3) is 0 Å². The van der Waals surface area contributed by atoms with Crippen LogP contribution in [0.2, 0.25) is 0 Å². The third kappa shape index (κ3) is 4.17. The SMILES string of the molecule is CCCNC(=O)CN(C)C(=O)CN1CC2CCC(O)C2C1. The van der Waals surface area contributed by atoms with E-state index in [0.717, 1.165) is 32.4 Å². The second-order valence-electron chi connectivity index (χ2n) is 6.36. The highest BCUT2D eigenvalue weighted by Gasteiger charge is 2.42. The third-order valence-corrected chi connectivity index (χ3v) is 4.63. The van der Waals surface area contributed by atoms with Crippen LogP contribution in [0.1, 0.15) is 26.2 Å². The van der Waals surface area contributed by atoms with Crippen molar-refractivity contribution in [1.82, 2.24) is 15.1 Å². The molecule has 6 heteroatoms. The van der Waals surface area contributed by atoms with Gasteiger partial charge in [-0.3, -0.25) is 14.5 Å². The van der Waals surface area contributed by atoms with Crippen molar-refractivity contribution in [2.24, 2.45) is 11.8 Å². The number of carbonyl (C=O) groups is 2. The number of aliphatic hydroxyl groups excluding tert-OH is 1. The van der Waals surface area contributed by atoms with Gasteiger partial charge in [0.15, 0.2) is 0 Å². The number of nitrogens with zero attached hydrogens (tertiary/aromatic N) is 2. The molecular formula is C15H27N3O3. The largest absolute Gasteiger partial charge is 0.393 e. The van der Waals surface area contributed by atoms with Crippen molar-refractivity contribution in [3.05, 3.63) is 0 Å². The Bertz CT molecular complexity index is 388. The molecule has 2 amide bonds. The molecule has 2 rings (SSSR count). The number of rotatable bonds is 6. The molecule has 3 unspecified atom stereocenters. The number of likely N-dealkylation sites (N-methyl/N-ethyl adjacent to an activating group) is 1. The van der Waals surface area contributed by atoms with E-state index in [-0.39, 0.29) is 24.5 Å². The number of amides is 2. The first-order valence-corrected chi connectivity index (χ1v) is 7.92. The van der Waals surface area contributed by atoms with Crippen LogP contribution in [-0.2, 0) is 9.59 Å². The highest BCUT2D eigenvalue weighted by atomic mass is 16.3. The fourth-order valence-electron chi connectivity index (χ4n) is 3.39. The molecule has 0 bridgehead atoms. The van der Waals surface area contributed by atoms with Gasteiger partial charge in [0.1, 0.15) is 0 Å². The fourth-order valence-corrected chi connectivity index (χ4v) is 3.39. The minimum absolute atomic E-state index is 0.0314. The molecule has 0 aromatic heterocycles. The van der Waals surface area contributed by atoms with E-state index in [1.165, 1.54) is 4.90 Å². The van der Waals surface area contributed by atoms with Gasteiger partial charge in [-0.05, 0) is 25.2 Å². The van der Waals surface area contributed by atoms with Crippen molar-refractivity contribution in [1.29, 1.82) is 0 Å². The van der Waals surface area contributed by atoms with Gasteiger partial charge < -0.3 is 15.3 Å².